The standard InChI is InChI=1S/C12H23NO/c1-3-5-10-12(14)13(4-2)11-8-6-7-9-11/h11H,3-10H2,1-2H3. The minimum absolute atomic E-state index is 0.376. The third-order valence-corrected chi connectivity index (χ3v) is 3.17. The monoisotopic (exact) mass is 197 g/mol. The van der Waals surface area contributed by atoms with Gasteiger partial charge in [-0.1, -0.05) is 26.2 Å². The molecule has 0 aromatic heterocycles. The molecule has 0 aromatic carbocycles. The molecule has 82 valence electrons. The second-order valence-corrected chi connectivity index (χ2v) is 4.22. The maximum Gasteiger partial charge on any atom is 0.222 e. The van der Waals surface area contributed by atoms with Gasteiger partial charge in [0.05, 0.1) is 0 Å². The Balaban J connectivity index is 2.39. The van der Waals surface area contributed by atoms with Crippen LogP contribution in [-0.2, 0) is 4.79 Å². The first-order chi connectivity index (χ1) is 6.79. The van der Waals surface area contributed by atoms with Crippen molar-refractivity contribution in [2.24, 2.45) is 0 Å². The number of hydrogen-bond donors (Lipinski definition) is 0. The van der Waals surface area contributed by atoms with Gasteiger partial charge in [0.1, 0.15) is 0 Å². The Morgan fingerprint density at radius 1 is 1.29 bits per heavy atom. The van der Waals surface area contributed by atoms with Crippen molar-refractivity contribution in [1.82, 2.24) is 4.90 Å². The highest BCUT2D eigenvalue weighted by Crippen LogP contribution is 2.24. The van der Waals surface area contributed by atoms with Gasteiger partial charge in [-0.2, -0.15) is 0 Å². The summed E-state index contributed by atoms with van der Waals surface area (Å²) in [5.74, 6) is 0.376. The predicted octanol–water partition coefficient (Wildman–Crippen LogP) is 2.97. The van der Waals surface area contributed by atoms with Gasteiger partial charge in [0, 0.05) is 19.0 Å². The SMILES string of the molecule is CCCCC(=O)N(CC)C1CCCC1. The van der Waals surface area contributed by atoms with Gasteiger partial charge in [-0.15, -0.1) is 0 Å². The van der Waals surface area contributed by atoms with Crippen LogP contribution in [0.3, 0.4) is 0 Å². The smallest absolute Gasteiger partial charge is 0.222 e. The highest BCUT2D eigenvalue weighted by molar-refractivity contribution is 5.76. The largest absolute Gasteiger partial charge is 0.340 e. The highest BCUT2D eigenvalue weighted by atomic mass is 16.2. The molecule has 1 aliphatic carbocycles. The lowest BCUT2D eigenvalue weighted by atomic mass is 10.1. The maximum atomic E-state index is 11.8. The average Bonchev–Trinajstić information content (AvgIpc) is 2.69. The lowest BCUT2D eigenvalue weighted by molar-refractivity contribution is -0.133. The number of carbonyl (C=O) groups excluding carboxylic acids is 1. The third-order valence-electron chi connectivity index (χ3n) is 3.17. The lowest BCUT2D eigenvalue weighted by Gasteiger charge is -2.27. The minimum atomic E-state index is 0.376. The molecule has 0 saturated heterocycles. The van der Waals surface area contributed by atoms with Gasteiger partial charge < -0.3 is 4.90 Å². The number of rotatable bonds is 5. The first kappa shape index (κ1) is 11.5. The summed E-state index contributed by atoms with van der Waals surface area (Å²) in [6.07, 6.45) is 7.98. The molecule has 2 nitrogen and oxygen atoms in total. The summed E-state index contributed by atoms with van der Waals surface area (Å²) in [5, 5.41) is 0. The Morgan fingerprint density at radius 3 is 2.43 bits per heavy atom. The molecule has 0 radical (unpaired) electrons. The molecule has 0 aliphatic heterocycles. The quantitative estimate of drug-likeness (QED) is 0.663. The summed E-state index contributed by atoms with van der Waals surface area (Å²) in [5.41, 5.74) is 0. The van der Waals surface area contributed by atoms with Gasteiger partial charge in [-0.3, -0.25) is 4.79 Å². The molecular weight excluding hydrogens is 174 g/mol. The van der Waals surface area contributed by atoms with Gasteiger partial charge in [-0.25, -0.2) is 0 Å². The van der Waals surface area contributed by atoms with E-state index in [1.165, 1.54) is 25.7 Å². The molecule has 2 heteroatoms. The Kier molecular flexibility index (Phi) is 4.99. The Morgan fingerprint density at radius 2 is 1.93 bits per heavy atom. The molecule has 1 fully saturated rings. The summed E-state index contributed by atoms with van der Waals surface area (Å²) >= 11 is 0. The molecule has 1 rings (SSSR count). The van der Waals surface area contributed by atoms with Crippen LogP contribution >= 0.6 is 0 Å². The molecule has 0 spiro atoms. The van der Waals surface area contributed by atoms with Gasteiger partial charge in [-0.05, 0) is 26.2 Å². The van der Waals surface area contributed by atoms with Crippen molar-refractivity contribution in [3.8, 4) is 0 Å². The average molecular weight is 197 g/mol. The van der Waals surface area contributed by atoms with Crippen molar-refractivity contribution < 1.29 is 4.79 Å². The molecule has 0 heterocycles. The van der Waals surface area contributed by atoms with E-state index in [1.54, 1.807) is 0 Å². The van der Waals surface area contributed by atoms with Crippen LogP contribution in [0, 0.1) is 0 Å². The Labute approximate surface area is 87.7 Å². The van der Waals surface area contributed by atoms with Crippen LogP contribution in [0.5, 0.6) is 0 Å². The van der Waals surface area contributed by atoms with E-state index < -0.39 is 0 Å². The summed E-state index contributed by atoms with van der Waals surface area (Å²) in [4.78, 5) is 13.9. The van der Waals surface area contributed by atoms with Gasteiger partial charge in [0.2, 0.25) is 5.91 Å². The summed E-state index contributed by atoms with van der Waals surface area (Å²) in [7, 11) is 0. The maximum absolute atomic E-state index is 11.8. The predicted molar refractivity (Wildman–Crippen MR) is 59.2 cm³/mol. The number of carbonyl (C=O) groups is 1. The normalized spacial score (nSPS) is 17.3. The second kappa shape index (κ2) is 6.05. The molecule has 1 amide bonds. The Hall–Kier alpha value is -0.530. The van der Waals surface area contributed by atoms with E-state index in [9.17, 15) is 4.79 Å². The van der Waals surface area contributed by atoms with Gasteiger partial charge in [0.25, 0.3) is 0 Å². The van der Waals surface area contributed by atoms with Gasteiger partial charge >= 0.3 is 0 Å². The molecule has 0 N–H and O–H groups in total. The first-order valence-corrected chi connectivity index (χ1v) is 6.09. The highest BCUT2D eigenvalue weighted by Gasteiger charge is 2.24. The summed E-state index contributed by atoms with van der Waals surface area (Å²) in [6.45, 7) is 5.13. The van der Waals surface area contributed by atoms with E-state index in [2.05, 4.69) is 18.7 Å². The fourth-order valence-corrected chi connectivity index (χ4v) is 2.33. The molecule has 0 unspecified atom stereocenters. The lowest BCUT2D eigenvalue weighted by Crippen LogP contribution is -2.38. The summed E-state index contributed by atoms with van der Waals surface area (Å²) in [6, 6.07) is 0.560. The van der Waals surface area contributed by atoms with Crippen LogP contribution in [0.4, 0.5) is 0 Å². The molecule has 14 heavy (non-hydrogen) atoms. The van der Waals surface area contributed by atoms with Crippen molar-refractivity contribution in [3.05, 3.63) is 0 Å². The number of nitrogens with zero attached hydrogens (tertiary/aromatic N) is 1. The minimum Gasteiger partial charge on any atom is -0.340 e. The van der Waals surface area contributed by atoms with E-state index in [0.717, 1.165) is 25.8 Å². The van der Waals surface area contributed by atoms with Crippen LogP contribution in [0.2, 0.25) is 0 Å². The molecule has 0 aromatic rings. The fraction of sp³-hybridized carbons (Fsp3) is 0.917. The molecular formula is C12H23NO. The van der Waals surface area contributed by atoms with Crippen molar-refractivity contribution >= 4 is 5.91 Å². The number of hydrogen-bond acceptors (Lipinski definition) is 1. The van der Waals surface area contributed by atoms with Crippen molar-refractivity contribution in [3.63, 3.8) is 0 Å². The van der Waals surface area contributed by atoms with Crippen LogP contribution < -0.4 is 0 Å². The molecule has 0 bridgehead atoms. The van der Waals surface area contributed by atoms with Crippen LogP contribution in [0.1, 0.15) is 58.8 Å². The van der Waals surface area contributed by atoms with E-state index in [-0.39, 0.29) is 0 Å². The fourth-order valence-electron chi connectivity index (χ4n) is 2.33. The topological polar surface area (TPSA) is 20.3 Å². The van der Waals surface area contributed by atoms with Crippen molar-refractivity contribution in [1.29, 1.82) is 0 Å². The second-order valence-electron chi connectivity index (χ2n) is 4.22. The van der Waals surface area contributed by atoms with E-state index >= 15 is 0 Å². The Bertz CT molecular complexity index is 173. The van der Waals surface area contributed by atoms with E-state index in [1.807, 2.05) is 0 Å². The van der Waals surface area contributed by atoms with Crippen LogP contribution in [0.25, 0.3) is 0 Å². The third kappa shape index (κ3) is 3.00. The first-order valence-electron chi connectivity index (χ1n) is 6.09. The zero-order chi connectivity index (χ0) is 10.4. The molecule has 1 saturated carbocycles. The van der Waals surface area contributed by atoms with Crippen LogP contribution in [-0.4, -0.2) is 23.4 Å². The zero-order valence-corrected chi connectivity index (χ0v) is 9.59. The number of amides is 1. The molecule has 1 aliphatic rings. The molecule has 0 atom stereocenters. The summed E-state index contributed by atoms with van der Waals surface area (Å²) < 4.78 is 0. The van der Waals surface area contributed by atoms with Crippen molar-refractivity contribution in [2.75, 3.05) is 6.54 Å². The zero-order valence-electron chi connectivity index (χ0n) is 9.59. The van der Waals surface area contributed by atoms with E-state index in [0.29, 0.717) is 11.9 Å². The van der Waals surface area contributed by atoms with Crippen LogP contribution in [0.15, 0.2) is 0 Å². The van der Waals surface area contributed by atoms with Gasteiger partial charge in [0.15, 0.2) is 0 Å². The number of unbranched alkanes of at least 4 members (excludes halogenated alkanes) is 1. The van der Waals surface area contributed by atoms with Crippen molar-refractivity contribution in [2.45, 2.75) is 64.8 Å². The van der Waals surface area contributed by atoms with E-state index in [4.69, 9.17) is 0 Å².